The number of hydrogen-bond acceptors (Lipinski definition) is 4. The summed E-state index contributed by atoms with van der Waals surface area (Å²) in [6, 6.07) is 4.81. The van der Waals surface area contributed by atoms with Gasteiger partial charge in [0.25, 0.3) is 0 Å². The normalized spacial score (nSPS) is 23.2. The number of halogens is 1. The number of sulfonamides is 1. The van der Waals surface area contributed by atoms with E-state index in [4.69, 9.17) is 5.26 Å². The molecule has 2 N–H and O–H groups in total. The molecule has 1 aliphatic rings. The molecule has 0 amide bonds. The first kappa shape index (κ1) is 14.9. The van der Waals surface area contributed by atoms with Crippen LogP contribution in [0.5, 0.6) is 0 Å². The number of nitrogens with zero attached hydrogens (tertiary/aromatic N) is 1. The summed E-state index contributed by atoms with van der Waals surface area (Å²) in [5, 5.41) is 18.3. The lowest BCUT2D eigenvalue weighted by atomic mass is 9.94. The first-order valence-electron chi connectivity index (χ1n) is 6.33. The van der Waals surface area contributed by atoms with Gasteiger partial charge >= 0.3 is 0 Å². The van der Waals surface area contributed by atoms with Gasteiger partial charge in [0.1, 0.15) is 22.3 Å². The molecule has 0 bridgehead atoms. The van der Waals surface area contributed by atoms with Crippen molar-refractivity contribution in [2.75, 3.05) is 0 Å². The van der Waals surface area contributed by atoms with Crippen molar-refractivity contribution in [3.05, 3.63) is 29.6 Å². The van der Waals surface area contributed by atoms with Crippen molar-refractivity contribution in [2.24, 2.45) is 0 Å². The van der Waals surface area contributed by atoms with Crippen molar-refractivity contribution in [1.82, 2.24) is 4.72 Å². The Morgan fingerprint density at radius 3 is 2.55 bits per heavy atom. The summed E-state index contributed by atoms with van der Waals surface area (Å²) in [5.41, 5.74) is -0.476. The van der Waals surface area contributed by atoms with E-state index in [-0.39, 0.29) is 17.0 Å². The third-order valence-corrected chi connectivity index (χ3v) is 4.96. The quantitative estimate of drug-likeness (QED) is 0.879. The van der Waals surface area contributed by atoms with E-state index in [1.807, 2.05) is 0 Å². The second kappa shape index (κ2) is 5.87. The predicted molar refractivity (Wildman–Crippen MR) is 69.7 cm³/mol. The summed E-state index contributed by atoms with van der Waals surface area (Å²) in [7, 11) is -3.94. The monoisotopic (exact) mass is 298 g/mol. The fraction of sp³-hybridized carbons (Fsp3) is 0.462. The third-order valence-electron chi connectivity index (χ3n) is 3.40. The Hall–Kier alpha value is -1.49. The van der Waals surface area contributed by atoms with Crippen LogP contribution in [0, 0.1) is 17.1 Å². The fourth-order valence-corrected chi connectivity index (χ4v) is 3.78. The van der Waals surface area contributed by atoms with E-state index >= 15 is 0 Å². The number of nitrogens with one attached hydrogen (secondary N) is 1. The van der Waals surface area contributed by atoms with Gasteiger partial charge in [0.05, 0.1) is 6.10 Å². The highest BCUT2D eigenvalue weighted by Crippen LogP contribution is 2.22. The summed E-state index contributed by atoms with van der Waals surface area (Å²) in [6.07, 6.45) is 1.72. The zero-order chi connectivity index (χ0) is 14.8. The molecule has 0 aliphatic heterocycles. The Labute approximate surface area is 117 Å². The summed E-state index contributed by atoms with van der Waals surface area (Å²) in [6.45, 7) is 0. The molecule has 0 spiro atoms. The lowest BCUT2D eigenvalue weighted by Crippen LogP contribution is -2.38. The van der Waals surface area contributed by atoms with Crippen LogP contribution < -0.4 is 4.72 Å². The molecule has 0 atom stereocenters. The fourth-order valence-electron chi connectivity index (χ4n) is 2.31. The molecule has 1 saturated carbocycles. The maximum atomic E-state index is 13.5. The predicted octanol–water partition coefficient (Wildman–Crippen LogP) is 1.28. The Balaban J connectivity index is 2.23. The average molecular weight is 298 g/mol. The summed E-state index contributed by atoms with van der Waals surface area (Å²) in [5.74, 6) is -0.852. The summed E-state index contributed by atoms with van der Waals surface area (Å²) in [4.78, 5) is -0.342. The van der Waals surface area contributed by atoms with Crippen LogP contribution in [0.4, 0.5) is 4.39 Å². The van der Waals surface area contributed by atoms with Gasteiger partial charge in [-0.25, -0.2) is 17.5 Å². The molecule has 0 saturated heterocycles. The smallest absolute Gasteiger partial charge is 0.242 e. The second-order valence-electron chi connectivity index (χ2n) is 4.85. The van der Waals surface area contributed by atoms with E-state index in [1.165, 1.54) is 12.1 Å². The van der Waals surface area contributed by atoms with Crippen LogP contribution in [0.25, 0.3) is 0 Å². The summed E-state index contributed by atoms with van der Waals surface area (Å²) >= 11 is 0. The van der Waals surface area contributed by atoms with Gasteiger partial charge < -0.3 is 5.11 Å². The number of aliphatic hydroxyl groups excluding tert-OH is 1. The van der Waals surface area contributed by atoms with Gasteiger partial charge in [0.2, 0.25) is 10.0 Å². The molecule has 108 valence electrons. The van der Waals surface area contributed by atoms with Crippen LogP contribution >= 0.6 is 0 Å². The van der Waals surface area contributed by atoms with Gasteiger partial charge in [-0.15, -0.1) is 0 Å². The molecule has 5 nitrogen and oxygen atoms in total. The molecule has 1 aliphatic carbocycles. The lowest BCUT2D eigenvalue weighted by molar-refractivity contribution is 0.120. The molecule has 1 aromatic carbocycles. The van der Waals surface area contributed by atoms with Crippen LogP contribution in [0.1, 0.15) is 31.2 Å². The summed E-state index contributed by atoms with van der Waals surface area (Å²) < 4.78 is 40.4. The molecule has 0 unspecified atom stereocenters. The van der Waals surface area contributed by atoms with Gasteiger partial charge in [0.15, 0.2) is 0 Å². The standard InChI is InChI=1S/C13H15FN2O3S/c14-12-2-1-3-13(11(12)8-15)20(18,19)16-9-4-6-10(17)7-5-9/h1-3,9-10,16-17H,4-7H2. The lowest BCUT2D eigenvalue weighted by Gasteiger charge is -2.26. The highest BCUT2D eigenvalue weighted by molar-refractivity contribution is 7.89. The van der Waals surface area contributed by atoms with Crippen molar-refractivity contribution in [3.8, 4) is 6.07 Å². The largest absolute Gasteiger partial charge is 0.393 e. The molecule has 1 aromatic rings. The van der Waals surface area contributed by atoms with Crippen molar-refractivity contribution in [3.63, 3.8) is 0 Å². The van der Waals surface area contributed by atoms with Crippen molar-refractivity contribution in [1.29, 1.82) is 5.26 Å². The molecule has 1 fully saturated rings. The minimum atomic E-state index is -3.94. The van der Waals surface area contributed by atoms with E-state index in [1.54, 1.807) is 6.07 Å². The number of hydrogen-bond donors (Lipinski definition) is 2. The number of aliphatic hydroxyl groups is 1. The van der Waals surface area contributed by atoms with Crippen molar-refractivity contribution < 1.29 is 17.9 Å². The third kappa shape index (κ3) is 3.15. The van der Waals surface area contributed by atoms with Crippen LogP contribution in [-0.4, -0.2) is 25.7 Å². The average Bonchev–Trinajstić information content (AvgIpc) is 2.41. The van der Waals surface area contributed by atoms with E-state index in [9.17, 15) is 17.9 Å². The minimum Gasteiger partial charge on any atom is -0.393 e. The Morgan fingerprint density at radius 1 is 1.30 bits per heavy atom. The number of benzene rings is 1. The molecular formula is C13H15FN2O3S. The van der Waals surface area contributed by atoms with Crippen molar-refractivity contribution >= 4 is 10.0 Å². The van der Waals surface area contributed by atoms with Crippen LogP contribution in [0.15, 0.2) is 23.1 Å². The van der Waals surface area contributed by atoms with E-state index in [0.29, 0.717) is 25.7 Å². The highest BCUT2D eigenvalue weighted by Gasteiger charge is 2.27. The first-order chi connectivity index (χ1) is 9.44. The van der Waals surface area contributed by atoms with Gasteiger partial charge in [-0.05, 0) is 37.8 Å². The SMILES string of the molecule is N#Cc1c(F)cccc1S(=O)(=O)NC1CCC(O)CC1. The zero-order valence-electron chi connectivity index (χ0n) is 10.7. The minimum absolute atomic E-state index is 0.293. The Kier molecular flexibility index (Phi) is 4.38. The van der Waals surface area contributed by atoms with Crippen LogP contribution in [0.2, 0.25) is 0 Å². The molecule has 2 rings (SSSR count). The van der Waals surface area contributed by atoms with Gasteiger partial charge in [0, 0.05) is 6.04 Å². The molecule has 0 radical (unpaired) electrons. The first-order valence-corrected chi connectivity index (χ1v) is 7.81. The van der Waals surface area contributed by atoms with Gasteiger partial charge in [-0.1, -0.05) is 6.07 Å². The number of nitriles is 1. The van der Waals surface area contributed by atoms with E-state index in [2.05, 4.69) is 4.72 Å². The highest BCUT2D eigenvalue weighted by atomic mass is 32.2. The Morgan fingerprint density at radius 2 is 1.95 bits per heavy atom. The molecule has 7 heteroatoms. The molecular weight excluding hydrogens is 283 g/mol. The molecule has 0 heterocycles. The molecule has 0 aromatic heterocycles. The maximum Gasteiger partial charge on any atom is 0.242 e. The number of rotatable bonds is 3. The maximum absolute atomic E-state index is 13.5. The van der Waals surface area contributed by atoms with Crippen LogP contribution in [-0.2, 0) is 10.0 Å². The Bertz CT molecular complexity index is 632. The van der Waals surface area contributed by atoms with E-state index < -0.39 is 21.4 Å². The molecule has 20 heavy (non-hydrogen) atoms. The van der Waals surface area contributed by atoms with E-state index in [0.717, 1.165) is 6.07 Å². The van der Waals surface area contributed by atoms with Crippen molar-refractivity contribution in [2.45, 2.75) is 42.7 Å². The van der Waals surface area contributed by atoms with Gasteiger partial charge in [-0.3, -0.25) is 0 Å². The second-order valence-corrected chi connectivity index (χ2v) is 6.53. The van der Waals surface area contributed by atoms with Crippen LogP contribution in [0.3, 0.4) is 0 Å². The topological polar surface area (TPSA) is 90.2 Å². The zero-order valence-corrected chi connectivity index (χ0v) is 11.5. The van der Waals surface area contributed by atoms with Gasteiger partial charge in [-0.2, -0.15) is 5.26 Å².